The number of rotatable bonds is 6. The highest BCUT2D eigenvalue weighted by Gasteiger charge is 2.03. The van der Waals surface area contributed by atoms with Gasteiger partial charge in [0.25, 0.3) is 5.91 Å². The van der Waals surface area contributed by atoms with Crippen LogP contribution < -0.4 is 10.2 Å². The standard InChI is InChI=1S/C19H16ClNO4/c1-25-16-8-5-15(6-9-16)18(22)10-7-14-4-2-13(12-17(14)20)3-11-19(23)21-24/h2-12,24H,1H3,(H,21,23). The van der Waals surface area contributed by atoms with Crippen LogP contribution in [0.25, 0.3) is 12.2 Å². The second-order valence-electron chi connectivity index (χ2n) is 5.02. The predicted octanol–water partition coefficient (Wildman–Crippen LogP) is 3.76. The topological polar surface area (TPSA) is 75.6 Å². The Bertz CT molecular complexity index is 826. The zero-order valence-electron chi connectivity index (χ0n) is 13.4. The maximum atomic E-state index is 12.2. The highest BCUT2D eigenvalue weighted by Crippen LogP contribution is 2.21. The second kappa shape index (κ2) is 8.82. The summed E-state index contributed by atoms with van der Waals surface area (Å²) in [7, 11) is 1.56. The number of carbonyl (C=O) groups is 2. The van der Waals surface area contributed by atoms with Crippen molar-refractivity contribution >= 4 is 35.4 Å². The largest absolute Gasteiger partial charge is 0.497 e. The van der Waals surface area contributed by atoms with Crippen LogP contribution in [0, 0.1) is 0 Å². The molecule has 0 aliphatic carbocycles. The van der Waals surface area contributed by atoms with Gasteiger partial charge in [0.05, 0.1) is 7.11 Å². The number of benzene rings is 2. The van der Waals surface area contributed by atoms with Crippen LogP contribution in [-0.4, -0.2) is 24.0 Å². The summed E-state index contributed by atoms with van der Waals surface area (Å²) in [4.78, 5) is 23.1. The number of nitrogens with one attached hydrogen (secondary N) is 1. The first-order chi connectivity index (χ1) is 12.0. The molecule has 0 fully saturated rings. The number of hydroxylamine groups is 1. The van der Waals surface area contributed by atoms with Crippen LogP contribution in [0.2, 0.25) is 5.02 Å². The molecule has 1 amide bonds. The highest BCUT2D eigenvalue weighted by molar-refractivity contribution is 6.32. The number of allylic oxidation sites excluding steroid dienone is 1. The lowest BCUT2D eigenvalue weighted by atomic mass is 10.1. The molecule has 0 saturated carbocycles. The molecule has 2 aromatic carbocycles. The normalized spacial score (nSPS) is 11.0. The Labute approximate surface area is 150 Å². The Hall–Kier alpha value is -2.89. The van der Waals surface area contributed by atoms with E-state index in [9.17, 15) is 9.59 Å². The van der Waals surface area contributed by atoms with Crippen LogP contribution in [0.5, 0.6) is 5.75 Å². The third kappa shape index (κ3) is 5.31. The molecule has 0 bridgehead atoms. The summed E-state index contributed by atoms with van der Waals surface area (Å²) in [6.07, 6.45) is 5.75. The van der Waals surface area contributed by atoms with Crippen molar-refractivity contribution in [3.63, 3.8) is 0 Å². The van der Waals surface area contributed by atoms with Gasteiger partial charge in [-0.15, -0.1) is 0 Å². The van der Waals surface area contributed by atoms with E-state index in [4.69, 9.17) is 21.5 Å². The molecule has 0 heterocycles. The summed E-state index contributed by atoms with van der Waals surface area (Å²) in [6.45, 7) is 0. The fourth-order valence-corrected chi connectivity index (χ4v) is 2.26. The maximum absolute atomic E-state index is 12.2. The molecular formula is C19H16ClNO4. The zero-order valence-corrected chi connectivity index (χ0v) is 14.2. The van der Waals surface area contributed by atoms with E-state index in [1.54, 1.807) is 55.7 Å². The molecular weight excluding hydrogens is 342 g/mol. The minimum Gasteiger partial charge on any atom is -0.497 e. The number of ketones is 1. The van der Waals surface area contributed by atoms with Crippen LogP contribution in [-0.2, 0) is 4.79 Å². The van der Waals surface area contributed by atoms with E-state index in [0.29, 0.717) is 27.5 Å². The number of hydrogen-bond donors (Lipinski definition) is 2. The number of carbonyl (C=O) groups excluding carboxylic acids is 2. The van der Waals surface area contributed by atoms with Gasteiger partial charge in [0, 0.05) is 16.7 Å². The van der Waals surface area contributed by atoms with Crippen molar-refractivity contribution in [2.45, 2.75) is 0 Å². The quantitative estimate of drug-likeness (QED) is 0.357. The van der Waals surface area contributed by atoms with Crippen molar-refractivity contribution < 1.29 is 19.5 Å². The van der Waals surface area contributed by atoms with E-state index >= 15 is 0 Å². The van der Waals surface area contributed by atoms with Gasteiger partial charge in [-0.2, -0.15) is 0 Å². The molecule has 128 valence electrons. The number of methoxy groups -OCH3 is 1. The molecule has 0 aromatic heterocycles. The lowest BCUT2D eigenvalue weighted by molar-refractivity contribution is -0.124. The van der Waals surface area contributed by atoms with Crippen molar-refractivity contribution in [1.82, 2.24) is 5.48 Å². The predicted molar refractivity (Wildman–Crippen MR) is 96.8 cm³/mol. The van der Waals surface area contributed by atoms with Crippen LogP contribution in [0.1, 0.15) is 21.5 Å². The third-order valence-electron chi connectivity index (χ3n) is 3.35. The Morgan fingerprint density at radius 1 is 1.08 bits per heavy atom. The Kier molecular flexibility index (Phi) is 6.51. The molecule has 25 heavy (non-hydrogen) atoms. The van der Waals surface area contributed by atoms with E-state index < -0.39 is 5.91 Å². The zero-order chi connectivity index (χ0) is 18.2. The van der Waals surface area contributed by atoms with Crippen molar-refractivity contribution in [1.29, 1.82) is 0 Å². The number of halogens is 1. The molecule has 0 aliphatic heterocycles. The van der Waals surface area contributed by atoms with Gasteiger partial charge in [-0.1, -0.05) is 23.7 Å². The molecule has 0 atom stereocenters. The fourth-order valence-electron chi connectivity index (χ4n) is 2.01. The molecule has 6 heteroatoms. The first-order valence-corrected chi connectivity index (χ1v) is 7.69. The minimum atomic E-state index is -0.634. The molecule has 0 aliphatic rings. The van der Waals surface area contributed by atoms with Gasteiger partial charge in [-0.3, -0.25) is 14.8 Å². The molecule has 2 N–H and O–H groups in total. The van der Waals surface area contributed by atoms with Crippen molar-refractivity contribution in [3.8, 4) is 5.75 Å². The van der Waals surface area contributed by atoms with Crippen LogP contribution >= 0.6 is 11.6 Å². The van der Waals surface area contributed by atoms with Gasteiger partial charge < -0.3 is 4.74 Å². The van der Waals surface area contributed by atoms with Gasteiger partial charge in [0.15, 0.2) is 5.78 Å². The van der Waals surface area contributed by atoms with Gasteiger partial charge in [-0.25, -0.2) is 5.48 Å². The SMILES string of the molecule is COc1ccc(C(=O)C=Cc2ccc(C=CC(=O)NO)cc2Cl)cc1. The average molecular weight is 358 g/mol. The summed E-state index contributed by atoms with van der Waals surface area (Å²) in [6, 6.07) is 11.9. The first kappa shape index (κ1) is 18.4. The molecule has 0 unspecified atom stereocenters. The van der Waals surface area contributed by atoms with Gasteiger partial charge in [-0.05, 0) is 59.7 Å². The first-order valence-electron chi connectivity index (χ1n) is 7.31. The molecule has 5 nitrogen and oxygen atoms in total. The molecule has 2 rings (SSSR count). The van der Waals surface area contributed by atoms with Crippen molar-refractivity contribution in [2.75, 3.05) is 7.11 Å². The molecule has 0 spiro atoms. The van der Waals surface area contributed by atoms with E-state index in [-0.39, 0.29) is 5.78 Å². The number of amides is 1. The summed E-state index contributed by atoms with van der Waals surface area (Å²) in [5.74, 6) is -0.102. The van der Waals surface area contributed by atoms with Crippen LogP contribution in [0.4, 0.5) is 0 Å². The lowest BCUT2D eigenvalue weighted by Gasteiger charge is -2.02. The summed E-state index contributed by atoms with van der Waals surface area (Å²) in [5, 5.41) is 8.87. The number of hydrogen-bond acceptors (Lipinski definition) is 4. The van der Waals surface area contributed by atoms with Crippen molar-refractivity contribution in [2.24, 2.45) is 0 Å². The third-order valence-corrected chi connectivity index (χ3v) is 3.68. The van der Waals surface area contributed by atoms with E-state index in [1.165, 1.54) is 23.7 Å². The van der Waals surface area contributed by atoms with Crippen LogP contribution in [0.3, 0.4) is 0 Å². The Balaban J connectivity index is 2.10. The number of ether oxygens (including phenoxy) is 1. The van der Waals surface area contributed by atoms with E-state index in [2.05, 4.69) is 0 Å². The maximum Gasteiger partial charge on any atom is 0.267 e. The van der Waals surface area contributed by atoms with Gasteiger partial charge in [0.1, 0.15) is 5.75 Å². The summed E-state index contributed by atoms with van der Waals surface area (Å²) in [5.41, 5.74) is 3.41. The average Bonchev–Trinajstić information content (AvgIpc) is 2.65. The van der Waals surface area contributed by atoms with Gasteiger partial charge >= 0.3 is 0 Å². The monoisotopic (exact) mass is 357 g/mol. The van der Waals surface area contributed by atoms with Gasteiger partial charge in [0.2, 0.25) is 0 Å². The fraction of sp³-hybridized carbons (Fsp3) is 0.0526. The molecule has 2 aromatic rings. The Morgan fingerprint density at radius 3 is 2.40 bits per heavy atom. The van der Waals surface area contributed by atoms with E-state index in [1.807, 2.05) is 0 Å². The highest BCUT2D eigenvalue weighted by atomic mass is 35.5. The van der Waals surface area contributed by atoms with Crippen molar-refractivity contribution in [3.05, 3.63) is 76.3 Å². The second-order valence-corrected chi connectivity index (χ2v) is 5.42. The Morgan fingerprint density at radius 2 is 1.80 bits per heavy atom. The van der Waals surface area contributed by atoms with Crippen LogP contribution in [0.15, 0.2) is 54.6 Å². The smallest absolute Gasteiger partial charge is 0.267 e. The molecule has 0 saturated heterocycles. The minimum absolute atomic E-state index is 0.151. The summed E-state index contributed by atoms with van der Waals surface area (Å²) >= 11 is 6.18. The molecule has 0 radical (unpaired) electrons. The van der Waals surface area contributed by atoms with E-state index in [0.717, 1.165) is 0 Å². The summed E-state index contributed by atoms with van der Waals surface area (Å²) < 4.78 is 5.06. The lowest BCUT2D eigenvalue weighted by Crippen LogP contribution is -2.14.